The Balaban J connectivity index is 6.66. The molecular formula is C41H73N11O14. The molecule has 8 amide bonds. The molecule has 0 unspecified atom stereocenters. The minimum Gasteiger partial charge on any atom is -0.481 e. The van der Waals surface area contributed by atoms with Crippen molar-refractivity contribution in [2.45, 2.75) is 166 Å². The van der Waals surface area contributed by atoms with Crippen molar-refractivity contribution >= 4 is 65.2 Å². The molecule has 0 saturated heterocycles. The molecule has 0 heterocycles. The number of nitrogens with one attached hydrogen (secondary N) is 7. The number of carboxylic acids is 3. The zero-order valence-electron chi connectivity index (χ0n) is 38.5. The van der Waals surface area contributed by atoms with Crippen molar-refractivity contribution in [2.24, 2.45) is 34.8 Å². The molecule has 0 spiro atoms. The Labute approximate surface area is 384 Å². The van der Waals surface area contributed by atoms with Gasteiger partial charge in [0.05, 0.1) is 12.5 Å². The van der Waals surface area contributed by atoms with Crippen molar-refractivity contribution in [3.05, 3.63) is 0 Å². The summed E-state index contributed by atoms with van der Waals surface area (Å²) in [6.45, 7) is 8.65. The molecule has 376 valence electrons. The summed E-state index contributed by atoms with van der Waals surface area (Å²) >= 11 is 0. The van der Waals surface area contributed by atoms with E-state index in [0.717, 1.165) is 0 Å². The molecule has 0 aliphatic heterocycles. The number of hydrogen-bond acceptors (Lipinski definition) is 14. The van der Waals surface area contributed by atoms with Gasteiger partial charge in [0.1, 0.15) is 42.3 Å². The average molecular weight is 944 g/mol. The average Bonchev–Trinajstić information content (AvgIpc) is 3.23. The molecule has 0 radical (unpaired) electrons. The third-order valence-corrected chi connectivity index (χ3v) is 10.3. The predicted octanol–water partition coefficient (Wildman–Crippen LogP) is -3.23. The van der Waals surface area contributed by atoms with Crippen molar-refractivity contribution in [1.29, 1.82) is 0 Å². The maximum absolute atomic E-state index is 14.0. The molecule has 0 saturated carbocycles. The number of rotatable bonds is 35. The maximum atomic E-state index is 14.0. The molecule has 0 rings (SSSR count). The van der Waals surface area contributed by atoms with Crippen molar-refractivity contribution in [2.75, 3.05) is 13.1 Å². The summed E-state index contributed by atoms with van der Waals surface area (Å²) in [6.07, 6.45) is -0.967. The van der Waals surface area contributed by atoms with Crippen molar-refractivity contribution in [3.63, 3.8) is 0 Å². The van der Waals surface area contributed by atoms with Crippen LogP contribution in [0.25, 0.3) is 0 Å². The van der Waals surface area contributed by atoms with Gasteiger partial charge in [0.2, 0.25) is 47.3 Å². The van der Waals surface area contributed by atoms with E-state index in [9.17, 15) is 68.1 Å². The van der Waals surface area contributed by atoms with Crippen molar-refractivity contribution < 1.29 is 68.1 Å². The molecule has 0 bridgehead atoms. The first kappa shape index (κ1) is 60.1. The van der Waals surface area contributed by atoms with Gasteiger partial charge in [-0.05, 0) is 89.6 Å². The van der Waals surface area contributed by atoms with Gasteiger partial charge in [-0.25, -0.2) is 4.79 Å². The largest absolute Gasteiger partial charge is 0.481 e. The topological polar surface area (TPSA) is 437 Å². The standard InChI is InChI=1S/C41H73N11O14/c1-6-22(4)33(40(64)49-27(41(65)66)13-15-30(45)53)52-39(63)28(19-21(2)3)50-36(60)25(12-8-10-18-43)47-35(59)24(11-7-9-17-42)48-38(62)29(20-32(56)57)51-37(61)26(14-16-31(54)55)46-34(58)23(5)44/h21-29,33H,6-20,42-44H2,1-5H3,(H2,45,53)(H,46,58)(H,47,59)(H,48,62)(H,49,64)(H,50,60)(H,51,61)(H,52,63)(H,54,55)(H,56,57)(H,65,66)/t22-,23-,24-,25-,26-,27-,28-,29-,33-/m0/s1. The molecule has 25 nitrogen and oxygen atoms in total. The quantitative estimate of drug-likeness (QED) is 0.0278. The van der Waals surface area contributed by atoms with Gasteiger partial charge in [-0.1, -0.05) is 34.1 Å². The van der Waals surface area contributed by atoms with Crippen LogP contribution in [0.4, 0.5) is 0 Å². The van der Waals surface area contributed by atoms with E-state index in [2.05, 4.69) is 37.2 Å². The number of carbonyl (C=O) groups is 11. The highest BCUT2D eigenvalue weighted by atomic mass is 16.4. The third-order valence-electron chi connectivity index (χ3n) is 10.3. The second-order valence-corrected chi connectivity index (χ2v) is 16.6. The number of carbonyl (C=O) groups excluding carboxylic acids is 8. The van der Waals surface area contributed by atoms with Crippen LogP contribution in [0.5, 0.6) is 0 Å². The van der Waals surface area contributed by atoms with Crippen LogP contribution < -0.4 is 60.2 Å². The fourth-order valence-corrected chi connectivity index (χ4v) is 6.30. The van der Waals surface area contributed by atoms with Crippen LogP contribution in [0, 0.1) is 11.8 Å². The van der Waals surface area contributed by atoms with Gasteiger partial charge >= 0.3 is 17.9 Å². The van der Waals surface area contributed by atoms with E-state index in [0.29, 0.717) is 25.7 Å². The number of unbranched alkanes of at least 4 members (excludes halogenated alkanes) is 2. The van der Waals surface area contributed by atoms with Crippen LogP contribution in [-0.2, 0) is 52.7 Å². The first-order valence-electron chi connectivity index (χ1n) is 22.1. The van der Waals surface area contributed by atoms with E-state index in [4.69, 9.17) is 22.9 Å². The first-order valence-corrected chi connectivity index (χ1v) is 22.1. The summed E-state index contributed by atoms with van der Waals surface area (Å²) in [4.78, 5) is 141. The number of aliphatic carboxylic acids is 3. The summed E-state index contributed by atoms with van der Waals surface area (Å²) in [7, 11) is 0. The van der Waals surface area contributed by atoms with Gasteiger partial charge < -0.3 is 75.5 Å². The molecule has 0 aliphatic carbocycles. The van der Waals surface area contributed by atoms with Gasteiger partial charge in [-0.3, -0.25) is 47.9 Å². The molecule has 0 aromatic rings. The van der Waals surface area contributed by atoms with Crippen LogP contribution in [0.1, 0.15) is 118 Å². The lowest BCUT2D eigenvalue weighted by Gasteiger charge is -2.29. The third kappa shape index (κ3) is 24.4. The van der Waals surface area contributed by atoms with Gasteiger partial charge in [0.25, 0.3) is 0 Å². The summed E-state index contributed by atoms with van der Waals surface area (Å²) in [6, 6.07) is -11.3. The highest BCUT2D eigenvalue weighted by molar-refractivity contribution is 5.98. The highest BCUT2D eigenvalue weighted by Gasteiger charge is 2.36. The highest BCUT2D eigenvalue weighted by Crippen LogP contribution is 2.14. The Morgan fingerprint density at radius 3 is 1.30 bits per heavy atom. The zero-order chi connectivity index (χ0) is 50.7. The van der Waals surface area contributed by atoms with E-state index in [1.165, 1.54) is 6.92 Å². The van der Waals surface area contributed by atoms with Crippen LogP contribution in [0.15, 0.2) is 0 Å². The normalized spacial score (nSPS) is 15.2. The van der Waals surface area contributed by atoms with Crippen molar-refractivity contribution in [1.82, 2.24) is 37.2 Å². The van der Waals surface area contributed by atoms with E-state index >= 15 is 0 Å². The fourth-order valence-electron chi connectivity index (χ4n) is 6.30. The summed E-state index contributed by atoms with van der Waals surface area (Å²) in [5.74, 6) is -12.3. The Morgan fingerprint density at radius 1 is 0.485 bits per heavy atom. The van der Waals surface area contributed by atoms with Gasteiger partial charge in [0.15, 0.2) is 0 Å². The van der Waals surface area contributed by atoms with Gasteiger partial charge in [-0.15, -0.1) is 0 Å². The molecule has 0 aromatic heterocycles. The van der Waals surface area contributed by atoms with E-state index < -0.39 is 139 Å². The minimum atomic E-state index is -1.84. The molecular weight excluding hydrogens is 871 g/mol. The molecule has 25 heteroatoms. The second kappa shape index (κ2) is 31.8. The Morgan fingerprint density at radius 2 is 0.894 bits per heavy atom. The molecule has 18 N–H and O–H groups in total. The molecule has 0 fully saturated rings. The van der Waals surface area contributed by atoms with E-state index in [1.807, 2.05) is 0 Å². The number of carboxylic acid groups (broad SMARTS) is 3. The predicted molar refractivity (Wildman–Crippen MR) is 237 cm³/mol. The van der Waals surface area contributed by atoms with Crippen LogP contribution >= 0.6 is 0 Å². The lowest BCUT2D eigenvalue weighted by atomic mass is 9.96. The van der Waals surface area contributed by atoms with Gasteiger partial charge in [-0.2, -0.15) is 0 Å². The summed E-state index contributed by atoms with van der Waals surface area (Å²) in [5, 5.41) is 45.6. The summed E-state index contributed by atoms with van der Waals surface area (Å²) < 4.78 is 0. The zero-order valence-corrected chi connectivity index (χ0v) is 38.5. The number of hydrogen-bond donors (Lipinski definition) is 14. The fraction of sp³-hybridized carbons (Fsp3) is 0.732. The SMILES string of the molecule is CC[C@H](C)[C@H](NC(=O)[C@H](CC(C)C)NC(=O)[C@H](CCCCN)NC(=O)[C@H](CCCCN)NC(=O)[C@H](CC(=O)O)NC(=O)[C@H](CCC(=O)O)NC(=O)[C@H](C)N)C(=O)N[C@@H](CCC(N)=O)C(=O)O. The smallest absolute Gasteiger partial charge is 0.326 e. The van der Waals surface area contributed by atoms with Crippen LogP contribution in [0.3, 0.4) is 0 Å². The molecule has 0 aliphatic rings. The molecule has 0 aromatic carbocycles. The Bertz CT molecular complexity index is 1660. The van der Waals surface area contributed by atoms with Crippen LogP contribution in [0.2, 0.25) is 0 Å². The number of amides is 8. The maximum Gasteiger partial charge on any atom is 0.326 e. The molecule has 9 atom stereocenters. The Hall–Kier alpha value is -5.95. The number of nitrogens with two attached hydrogens (primary N) is 4. The van der Waals surface area contributed by atoms with E-state index in [-0.39, 0.29) is 57.5 Å². The summed E-state index contributed by atoms with van der Waals surface area (Å²) in [5.41, 5.74) is 22.1. The van der Waals surface area contributed by atoms with E-state index in [1.54, 1.807) is 27.7 Å². The van der Waals surface area contributed by atoms with Crippen molar-refractivity contribution in [3.8, 4) is 0 Å². The second-order valence-electron chi connectivity index (χ2n) is 16.6. The number of primary amides is 1. The van der Waals surface area contributed by atoms with Gasteiger partial charge in [0, 0.05) is 12.8 Å². The van der Waals surface area contributed by atoms with Crippen LogP contribution in [-0.4, -0.2) is 142 Å². The minimum absolute atomic E-state index is 0.00337. The molecule has 66 heavy (non-hydrogen) atoms. The Kier molecular flexibility index (Phi) is 29.0. The lowest BCUT2D eigenvalue weighted by Crippen LogP contribution is -2.60. The monoisotopic (exact) mass is 944 g/mol. The first-order chi connectivity index (χ1) is 30.9. The lowest BCUT2D eigenvalue weighted by molar-refractivity contribution is -0.143.